The van der Waals surface area contributed by atoms with Crippen molar-refractivity contribution in [2.24, 2.45) is 5.92 Å². The van der Waals surface area contributed by atoms with E-state index in [9.17, 15) is 4.79 Å². The smallest absolute Gasteiger partial charge is 0.410 e. The lowest BCUT2D eigenvalue weighted by Crippen LogP contribution is -2.42. The van der Waals surface area contributed by atoms with Gasteiger partial charge in [0.25, 0.3) is 0 Å². The first-order valence-electron chi connectivity index (χ1n) is 15.0. The van der Waals surface area contributed by atoms with Gasteiger partial charge in [0.05, 0.1) is 24.0 Å². The molecule has 2 aromatic carbocycles. The van der Waals surface area contributed by atoms with Crippen LogP contribution in [0.3, 0.4) is 0 Å². The van der Waals surface area contributed by atoms with Gasteiger partial charge in [-0.05, 0) is 68.6 Å². The van der Waals surface area contributed by atoms with E-state index in [4.69, 9.17) is 16.3 Å². The average Bonchev–Trinajstić information content (AvgIpc) is 3.39. The van der Waals surface area contributed by atoms with E-state index < -0.39 is 5.60 Å². The number of ether oxygens (including phenoxy) is 1. The van der Waals surface area contributed by atoms with Gasteiger partial charge >= 0.3 is 6.09 Å². The number of piperidine rings is 1. The Morgan fingerprint density at radius 1 is 0.976 bits per heavy atom. The fourth-order valence-corrected chi connectivity index (χ4v) is 5.72. The molecule has 1 saturated heterocycles. The molecule has 1 amide bonds. The third kappa shape index (κ3) is 6.21. The summed E-state index contributed by atoms with van der Waals surface area (Å²) in [5, 5.41) is 1.15. The second kappa shape index (κ2) is 11.6. The summed E-state index contributed by atoms with van der Waals surface area (Å²) in [6, 6.07) is 18.9. The van der Waals surface area contributed by atoms with Gasteiger partial charge in [-0.25, -0.2) is 9.64 Å². The minimum atomic E-state index is -0.480. The van der Waals surface area contributed by atoms with Gasteiger partial charge in [0.15, 0.2) is 5.69 Å². The molecule has 0 unspecified atom stereocenters. The van der Waals surface area contributed by atoms with Crippen molar-refractivity contribution in [3.63, 3.8) is 0 Å². The maximum Gasteiger partial charge on any atom is 0.410 e. The van der Waals surface area contributed by atoms with Gasteiger partial charge in [-0.1, -0.05) is 69.3 Å². The molecule has 6 nitrogen and oxygen atoms in total. The predicted octanol–water partition coefficient (Wildman–Crippen LogP) is 9.26. The lowest BCUT2D eigenvalue weighted by atomic mass is 9.82. The standard InChI is InChI=1S/C36H42N4O2/c1-8-36(5,6)28-13-9-27(10-14-28)33-32(26-11-15-29(37-7)16-12-26)30-19-22-40(31(30)23-38-33)24-25-17-20-39(21-18-25)34(41)42-35(2,3)4/h9-16,19,22-23,25H,8,17-18,20-21,24H2,1-6H3. The van der Waals surface area contributed by atoms with Gasteiger partial charge in [-0.2, -0.15) is 0 Å². The fourth-order valence-electron chi connectivity index (χ4n) is 5.72. The SMILES string of the molecule is [C-]#[N+]c1ccc(-c2c(-c3ccc(C(C)(C)CC)cc3)ncc3c2ccn3CC2CCN(C(=O)OC(C)(C)C)CC2)cc1. The second-order valence-corrected chi connectivity index (χ2v) is 13.1. The van der Waals surface area contributed by atoms with E-state index in [1.807, 2.05) is 56.1 Å². The van der Waals surface area contributed by atoms with Gasteiger partial charge < -0.3 is 14.2 Å². The summed E-state index contributed by atoms with van der Waals surface area (Å²) < 4.78 is 7.89. The molecule has 218 valence electrons. The van der Waals surface area contributed by atoms with E-state index in [-0.39, 0.29) is 11.5 Å². The van der Waals surface area contributed by atoms with Crippen LogP contribution in [0.5, 0.6) is 0 Å². The lowest BCUT2D eigenvalue weighted by molar-refractivity contribution is 0.0178. The molecule has 42 heavy (non-hydrogen) atoms. The van der Waals surface area contributed by atoms with Crippen molar-refractivity contribution in [2.75, 3.05) is 13.1 Å². The van der Waals surface area contributed by atoms with E-state index in [0.29, 0.717) is 24.7 Å². The highest BCUT2D eigenvalue weighted by molar-refractivity contribution is 6.01. The molecule has 1 aliphatic heterocycles. The summed E-state index contributed by atoms with van der Waals surface area (Å²) in [6.07, 6.45) is 6.90. The summed E-state index contributed by atoms with van der Waals surface area (Å²) in [5.41, 5.74) is 6.86. The Kier molecular flexibility index (Phi) is 8.14. The number of amides is 1. The Bertz CT molecular complexity index is 1590. The Morgan fingerprint density at radius 3 is 2.21 bits per heavy atom. The highest BCUT2D eigenvalue weighted by atomic mass is 16.6. The quantitative estimate of drug-likeness (QED) is 0.220. The molecule has 0 aliphatic carbocycles. The summed E-state index contributed by atoms with van der Waals surface area (Å²) in [4.78, 5) is 23.0. The number of likely N-dealkylation sites (tertiary alicyclic amines) is 1. The summed E-state index contributed by atoms with van der Waals surface area (Å²) in [5.74, 6) is 0.467. The maximum atomic E-state index is 12.5. The van der Waals surface area contributed by atoms with Gasteiger partial charge in [0.2, 0.25) is 0 Å². The van der Waals surface area contributed by atoms with Crippen LogP contribution in [-0.2, 0) is 16.7 Å². The first-order chi connectivity index (χ1) is 20.0. The molecule has 1 aliphatic rings. The molecule has 5 rings (SSSR count). The van der Waals surface area contributed by atoms with Crippen molar-refractivity contribution in [2.45, 2.75) is 78.4 Å². The number of carbonyl (C=O) groups is 1. The van der Waals surface area contributed by atoms with Crippen molar-refractivity contribution < 1.29 is 9.53 Å². The van der Waals surface area contributed by atoms with Crippen LogP contribution in [0.4, 0.5) is 10.5 Å². The summed E-state index contributed by atoms with van der Waals surface area (Å²) in [6.45, 7) is 22.2. The third-order valence-electron chi connectivity index (χ3n) is 8.66. The number of nitrogens with zero attached hydrogens (tertiary/aromatic N) is 4. The van der Waals surface area contributed by atoms with E-state index in [1.54, 1.807) is 0 Å². The number of hydrogen-bond donors (Lipinski definition) is 0. The average molecular weight is 563 g/mol. The number of benzene rings is 2. The van der Waals surface area contributed by atoms with Gasteiger partial charge in [0.1, 0.15) is 5.60 Å². The Hall–Kier alpha value is -4.11. The number of fused-ring (bicyclic) bond motifs is 1. The van der Waals surface area contributed by atoms with Crippen molar-refractivity contribution in [1.29, 1.82) is 0 Å². The minimum absolute atomic E-state index is 0.120. The summed E-state index contributed by atoms with van der Waals surface area (Å²) >= 11 is 0. The van der Waals surface area contributed by atoms with Crippen molar-refractivity contribution in [3.8, 4) is 22.4 Å². The van der Waals surface area contributed by atoms with Crippen LogP contribution in [0, 0.1) is 12.5 Å². The number of carbonyl (C=O) groups excluding carboxylic acids is 1. The molecule has 1 fully saturated rings. The van der Waals surface area contributed by atoms with Crippen molar-refractivity contribution in [1.82, 2.24) is 14.5 Å². The molecule has 0 N–H and O–H groups in total. The molecule has 0 radical (unpaired) electrons. The predicted molar refractivity (Wildman–Crippen MR) is 171 cm³/mol. The van der Waals surface area contributed by atoms with Crippen molar-refractivity contribution >= 4 is 22.7 Å². The zero-order valence-corrected chi connectivity index (χ0v) is 25.8. The van der Waals surface area contributed by atoms with Crippen LogP contribution in [-0.4, -0.2) is 39.2 Å². The molecule has 0 spiro atoms. The van der Waals surface area contributed by atoms with Crippen LogP contribution >= 0.6 is 0 Å². The molecule has 0 bridgehead atoms. The molecule has 0 atom stereocenters. The Balaban J connectivity index is 1.45. The molecule has 4 aromatic rings. The topological polar surface area (TPSA) is 51.7 Å². The van der Waals surface area contributed by atoms with Crippen LogP contribution in [0.1, 0.15) is 66.4 Å². The van der Waals surface area contributed by atoms with E-state index in [0.717, 1.165) is 59.1 Å². The number of aromatic nitrogens is 2. The van der Waals surface area contributed by atoms with Gasteiger partial charge in [0, 0.05) is 42.3 Å². The van der Waals surface area contributed by atoms with Crippen molar-refractivity contribution in [3.05, 3.63) is 84.0 Å². The van der Waals surface area contributed by atoms with Crippen LogP contribution in [0.2, 0.25) is 0 Å². The van der Waals surface area contributed by atoms with Crippen LogP contribution in [0.25, 0.3) is 38.1 Å². The largest absolute Gasteiger partial charge is 0.444 e. The highest BCUT2D eigenvalue weighted by Crippen LogP contribution is 2.39. The summed E-state index contributed by atoms with van der Waals surface area (Å²) in [7, 11) is 0. The third-order valence-corrected chi connectivity index (χ3v) is 8.66. The monoisotopic (exact) mass is 562 g/mol. The fraction of sp³-hybridized carbons (Fsp3) is 0.417. The zero-order chi connectivity index (χ0) is 30.1. The van der Waals surface area contributed by atoms with E-state index >= 15 is 0 Å². The molecule has 3 heterocycles. The minimum Gasteiger partial charge on any atom is -0.444 e. The highest BCUT2D eigenvalue weighted by Gasteiger charge is 2.27. The van der Waals surface area contributed by atoms with Gasteiger partial charge in [-0.15, -0.1) is 0 Å². The van der Waals surface area contributed by atoms with E-state index in [2.05, 4.69) is 66.7 Å². The first kappa shape index (κ1) is 29.4. The second-order valence-electron chi connectivity index (χ2n) is 13.1. The van der Waals surface area contributed by atoms with E-state index in [1.165, 1.54) is 5.56 Å². The molecular weight excluding hydrogens is 520 g/mol. The lowest BCUT2D eigenvalue weighted by Gasteiger charge is -2.33. The molecule has 0 saturated carbocycles. The number of rotatable bonds is 6. The van der Waals surface area contributed by atoms with Gasteiger partial charge in [-0.3, -0.25) is 4.98 Å². The maximum absolute atomic E-state index is 12.5. The molecule has 2 aromatic heterocycles. The molecular formula is C36H42N4O2. The van der Waals surface area contributed by atoms with Crippen LogP contribution in [0.15, 0.2) is 67.0 Å². The zero-order valence-electron chi connectivity index (χ0n) is 25.8. The number of hydrogen-bond acceptors (Lipinski definition) is 3. The number of pyridine rings is 1. The first-order valence-corrected chi connectivity index (χ1v) is 15.0. The van der Waals surface area contributed by atoms with Crippen LogP contribution < -0.4 is 0 Å². The molecule has 6 heteroatoms. The Labute approximate surface area is 250 Å². The normalized spacial score (nSPS) is 14.6. The Morgan fingerprint density at radius 2 is 1.62 bits per heavy atom.